The number of ether oxygens (including phenoxy) is 5. The fourth-order valence-corrected chi connectivity index (χ4v) is 10.7. The van der Waals surface area contributed by atoms with Gasteiger partial charge in [-0.1, -0.05) is 6.92 Å². The first kappa shape index (κ1) is 28.4. The summed E-state index contributed by atoms with van der Waals surface area (Å²) in [7, 11) is 0. The van der Waals surface area contributed by atoms with Crippen LogP contribution in [0.5, 0.6) is 0 Å². The number of esters is 1. The zero-order valence-electron chi connectivity index (χ0n) is 24.8. The Labute approximate surface area is 242 Å². The molecule has 0 unspecified atom stereocenters. The van der Waals surface area contributed by atoms with Crippen molar-refractivity contribution in [1.82, 2.24) is 0 Å². The second kappa shape index (κ2) is 9.32. The Balaban J connectivity index is 1.08. The smallest absolute Gasteiger partial charge is 0.331 e. The summed E-state index contributed by atoms with van der Waals surface area (Å²) in [4.78, 5) is 24.9. The Morgan fingerprint density at radius 3 is 2.51 bits per heavy atom. The van der Waals surface area contributed by atoms with E-state index in [1.54, 1.807) is 6.08 Å². The summed E-state index contributed by atoms with van der Waals surface area (Å²) in [5.41, 5.74) is -2.44. The summed E-state index contributed by atoms with van der Waals surface area (Å²) in [5, 5.41) is 24.7. The van der Waals surface area contributed by atoms with Gasteiger partial charge in [-0.05, 0) is 95.5 Å². The molecule has 4 aliphatic carbocycles. The van der Waals surface area contributed by atoms with Crippen LogP contribution in [0.25, 0.3) is 0 Å². The normalized spacial score (nSPS) is 53.9. The Hall–Kier alpha value is -1.36. The largest absolute Gasteiger partial charge is 0.458 e. The fourth-order valence-electron chi connectivity index (χ4n) is 10.7. The minimum Gasteiger partial charge on any atom is -0.458 e. The van der Waals surface area contributed by atoms with E-state index in [-0.39, 0.29) is 53.6 Å². The maximum atomic E-state index is 13.1. The van der Waals surface area contributed by atoms with Crippen molar-refractivity contribution in [2.75, 3.05) is 6.61 Å². The predicted octanol–water partition coefficient (Wildman–Crippen LogP) is 3.58. The topological polar surface area (TPSA) is 121 Å². The third kappa shape index (κ3) is 4.02. The SMILES string of the molecule is C[C@H]1O[C@@H](O[C@@H]2CC[C@]3(C=O)[C@H]4CC[C@]5(C)[C@@H](C6=CC(=O)OC6)CC[C@]5(O)[C@@H]4CC[C@]3(O)C2)C[C@@H]2OC(C)(C)O[C@H]21. The van der Waals surface area contributed by atoms with Gasteiger partial charge < -0.3 is 38.7 Å². The molecule has 12 atom stereocenters. The number of rotatable bonds is 4. The first-order valence-electron chi connectivity index (χ1n) is 15.8. The van der Waals surface area contributed by atoms with Crippen molar-refractivity contribution in [3.63, 3.8) is 0 Å². The zero-order chi connectivity index (χ0) is 29.0. The molecular weight excluding hydrogens is 528 g/mol. The molecule has 0 aromatic carbocycles. The molecule has 7 rings (SSSR count). The third-order valence-electron chi connectivity index (χ3n) is 12.7. The van der Waals surface area contributed by atoms with Crippen LogP contribution >= 0.6 is 0 Å². The van der Waals surface area contributed by atoms with E-state index in [0.717, 1.165) is 31.1 Å². The number of aliphatic hydroxyl groups is 2. The lowest BCUT2D eigenvalue weighted by Crippen LogP contribution is -2.69. The lowest BCUT2D eigenvalue weighted by molar-refractivity contribution is -0.278. The third-order valence-corrected chi connectivity index (χ3v) is 12.7. The van der Waals surface area contributed by atoms with Crippen LogP contribution < -0.4 is 0 Å². The van der Waals surface area contributed by atoms with E-state index >= 15 is 0 Å². The van der Waals surface area contributed by atoms with Gasteiger partial charge in [0.15, 0.2) is 12.1 Å². The monoisotopic (exact) mass is 574 g/mol. The van der Waals surface area contributed by atoms with Crippen molar-refractivity contribution >= 4 is 12.3 Å². The van der Waals surface area contributed by atoms with Gasteiger partial charge in [-0.3, -0.25) is 0 Å². The Kier molecular flexibility index (Phi) is 6.46. The lowest BCUT2D eigenvalue weighted by atomic mass is 9.41. The van der Waals surface area contributed by atoms with Gasteiger partial charge in [-0.25, -0.2) is 4.79 Å². The summed E-state index contributed by atoms with van der Waals surface area (Å²) >= 11 is 0. The highest BCUT2D eigenvalue weighted by atomic mass is 16.8. The number of carbonyl (C=O) groups is 2. The van der Waals surface area contributed by atoms with Crippen molar-refractivity contribution in [1.29, 1.82) is 0 Å². The number of carbonyl (C=O) groups excluding carboxylic acids is 2. The number of fused-ring (bicyclic) bond motifs is 6. The van der Waals surface area contributed by atoms with Gasteiger partial charge in [0.2, 0.25) is 0 Å². The van der Waals surface area contributed by atoms with Crippen LogP contribution in [0.15, 0.2) is 11.6 Å². The molecule has 0 spiro atoms. The molecule has 0 aromatic heterocycles. The van der Waals surface area contributed by atoms with Crippen LogP contribution in [0, 0.1) is 28.6 Å². The molecule has 9 heteroatoms. The standard InChI is InChI=1S/C32H46O9/c1-18-27-24(40-28(2,3)41-27)14-26(38-18)39-20-5-10-30(17-33)22-6-9-29(4)21(19-13-25(34)37-16-19)8-12-32(29,36)23(22)7-11-31(30,35)15-20/h13,17-18,20-24,26-27,35-36H,5-12,14-16H2,1-4H3/t18-,20-,21-,22+,23-,24+,26+,27+,29-,30+,31+,32+/m1/s1. The second-order valence-electron chi connectivity index (χ2n) is 14.9. The fraction of sp³-hybridized carbons (Fsp3) is 0.875. The summed E-state index contributed by atoms with van der Waals surface area (Å²) in [6.45, 7) is 8.28. The van der Waals surface area contributed by atoms with E-state index in [0.29, 0.717) is 51.6 Å². The quantitative estimate of drug-likeness (QED) is 0.295. The molecule has 41 heavy (non-hydrogen) atoms. The van der Waals surface area contributed by atoms with Crippen LogP contribution in [0.1, 0.15) is 91.9 Å². The molecule has 6 fully saturated rings. The molecule has 228 valence electrons. The highest BCUT2D eigenvalue weighted by Gasteiger charge is 2.71. The van der Waals surface area contributed by atoms with Gasteiger partial charge in [-0.15, -0.1) is 0 Å². The molecule has 9 nitrogen and oxygen atoms in total. The van der Waals surface area contributed by atoms with Crippen LogP contribution in [0.4, 0.5) is 0 Å². The van der Waals surface area contributed by atoms with Gasteiger partial charge in [0.05, 0.1) is 34.9 Å². The first-order valence-corrected chi connectivity index (χ1v) is 15.8. The summed E-state index contributed by atoms with van der Waals surface area (Å²) in [5.74, 6) is -1.02. The van der Waals surface area contributed by atoms with Gasteiger partial charge in [-0.2, -0.15) is 0 Å². The molecule has 0 bridgehead atoms. The maximum Gasteiger partial charge on any atom is 0.331 e. The van der Waals surface area contributed by atoms with Crippen molar-refractivity contribution in [2.45, 2.75) is 140 Å². The van der Waals surface area contributed by atoms with Crippen molar-refractivity contribution in [3.8, 4) is 0 Å². The molecule has 4 saturated carbocycles. The Bertz CT molecular complexity index is 1140. The van der Waals surface area contributed by atoms with Gasteiger partial charge >= 0.3 is 5.97 Å². The predicted molar refractivity (Wildman–Crippen MR) is 145 cm³/mol. The van der Waals surface area contributed by atoms with Gasteiger partial charge in [0.25, 0.3) is 0 Å². The minimum atomic E-state index is -1.19. The van der Waals surface area contributed by atoms with E-state index in [4.69, 9.17) is 23.7 Å². The zero-order valence-corrected chi connectivity index (χ0v) is 24.8. The second-order valence-corrected chi connectivity index (χ2v) is 14.9. The van der Waals surface area contributed by atoms with E-state index < -0.39 is 28.7 Å². The lowest BCUT2D eigenvalue weighted by Gasteiger charge is -2.65. The highest BCUT2D eigenvalue weighted by Crippen LogP contribution is 2.70. The van der Waals surface area contributed by atoms with Crippen LogP contribution in [0.2, 0.25) is 0 Å². The van der Waals surface area contributed by atoms with Gasteiger partial charge in [0.1, 0.15) is 19.0 Å². The average molecular weight is 575 g/mol. The molecule has 0 aromatic rings. The summed E-state index contributed by atoms with van der Waals surface area (Å²) in [6.07, 6.45) is 7.78. The number of aldehydes is 1. The molecule has 0 radical (unpaired) electrons. The Morgan fingerprint density at radius 2 is 1.78 bits per heavy atom. The molecule has 2 saturated heterocycles. The van der Waals surface area contributed by atoms with Crippen molar-refractivity contribution in [3.05, 3.63) is 11.6 Å². The molecule has 3 heterocycles. The van der Waals surface area contributed by atoms with Crippen LogP contribution in [-0.2, 0) is 33.3 Å². The highest BCUT2D eigenvalue weighted by molar-refractivity contribution is 5.85. The van der Waals surface area contributed by atoms with Gasteiger partial charge in [0, 0.05) is 24.3 Å². The van der Waals surface area contributed by atoms with Crippen molar-refractivity contribution in [2.24, 2.45) is 28.6 Å². The maximum absolute atomic E-state index is 13.1. The summed E-state index contributed by atoms with van der Waals surface area (Å²) in [6, 6.07) is 0. The number of hydrogen-bond donors (Lipinski definition) is 2. The molecule has 3 aliphatic heterocycles. The van der Waals surface area contributed by atoms with E-state index in [9.17, 15) is 19.8 Å². The number of cyclic esters (lactones) is 1. The summed E-state index contributed by atoms with van der Waals surface area (Å²) < 4.78 is 30.0. The Morgan fingerprint density at radius 1 is 1.00 bits per heavy atom. The molecule has 7 aliphatic rings. The van der Waals surface area contributed by atoms with Crippen LogP contribution in [0.3, 0.4) is 0 Å². The number of hydrogen-bond acceptors (Lipinski definition) is 9. The average Bonchev–Trinajstić information content (AvgIpc) is 3.55. The molecule has 2 N–H and O–H groups in total. The first-order chi connectivity index (χ1) is 19.3. The molecular formula is C32H46O9. The molecule has 0 amide bonds. The van der Waals surface area contributed by atoms with Crippen LogP contribution in [-0.4, -0.2) is 76.8 Å². The minimum absolute atomic E-state index is 0.0739. The van der Waals surface area contributed by atoms with E-state index in [2.05, 4.69) is 6.92 Å². The van der Waals surface area contributed by atoms with E-state index in [1.165, 1.54) is 0 Å². The van der Waals surface area contributed by atoms with Crippen molar-refractivity contribution < 1.29 is 43.5 Å². The van der Waals surface area contributed by atoms with E-state index in [1.807, 2.05) is 20.8 Å².